The molecule has 2 N–H and O–H groups in total. The molecule has 0 bridgehead atoms. The van der Waals surface area contributed by atoms with Crippen LogP contribution in [0.2, 0.25) is 0 Å². The zero-order chi connectivity index (χ0) is 11.5. The Morgan fingerprint density at radius 1 is 1.13 bits per heavy atom. The third-order valence-electron chi connectivity index (χ3n) is 1.90. The minimum absolute atomic E-state index is 0.249. The molecule has 0 aliphatic heterocycles. The van der Waals surface area contributed by atoms with E-state index in [1.165, 1.54) is 5.56 Å². The summed E-state index contributed by atoms with van der Waals surface area (Å²) < 4.78 is 4.71. The topological polar surface area (TPSA) is 49.7 Å². The zero-order valence-electron chi connectivity index (χ0n) is 9.40. The van der Waals surface area contributed by atoms with Gasteiger partial charge in [-0.2, -0.15) is 0 Å². The standard InChI is InChI=1S/C11H17BO3/c1-11(2,3)8-9-4-6-10(7-5-9)15-12(13)14/h4-7,13-14H,8H2,1-3H3. The molecule has 0 aromatic heterocycles. The van der Waals surface area contributed by atoms with Gasteiger partial charge in [-0.1, -0.05) is 32.9 Å². The van der Waals surface area contributed by atoms with Crippen molar-refractivity contribution in [2.24, 2.45) is 5.41 Å². The molecule has 15 heavy (non-hydrogen) atoms. The van der Waals surface area contributed by atoms with E-state index in [1.54, 1.807) is 12.1 Å². The SMILES string of the molecule is CC(C)(C)Cc1ccc(OB(O)O)cc1. The average molecular weight is 208 g/mol. The second-order valence-corrected chi connectivity index (χ2v) is 4.83. The Balaban J connectivity index is 2.64. The highest BCUT2D eigenvalue weighted by Crippen LogP contribution is 2.22. The lowest BCUT2D eigenvalue weighted by Gasteiger charge is -2.18. The Morgan fingerprint density at radius 2 is 1.67 bits per heavy atom. The van der Waals surface area contributed by atoms with Gasteiger partial charge >= 0.3 is 7.32 Å². The van der Waals surface area contributed by atoms with E-state index in [9.17, 15) is 0 Å². The van der Waals surface area contributed by atoms with Gasteiger partial charge in [-0.25, -0.2) is 0 Å². The molecule has 0 radical (unpaired) electrons. The van der Waals surface area contributed by atoms with Gasteiger partial charge in [0.15, 0.2) is 0 Å². The maximum atomic E-state index is 8.59. The Morgan fingerprint density at radius 3 is 2.07 bits per heavy atom. The van der Waals surface area contributed by atoms with Crippen LogP contribution in [0.15, 0.2) is 24.3 Å². The molecule has 0 fully saturated rings. The van der Waals surface area contributed by atoms with Crippen LogP contribution in [-0.4, -0.2) is 17.4 Å². The highest BCUT2D eigenvalue weighted by atomic mass is 16.6. The van der Waals surface area contributed by atoms with Crippen LogP contribution >= 0.6 is 0 Å². The van der Waals surface area contributed by atoms with Crippen LogP contribution in [0.1, 0.15) is 26.3 Å². The van der Waals surface area contributed by atoms with Crippen LogP contribution in [0.25, 0.3) is 0 Å². The summed E-state index contributed by atoms with van der Waals surface area (Å²) in [5, 5.41) is 17.2. The summed E-state index contributed by atoms with van der Waals surface area (Å²) in [6, 6.07) is 7.34. The van der Waals surface area contributed by atoms with Crippen molar-refractivity contribution in [1.29, 1.82) is 0 Å². The van der Waals surface area contributed by atoms with E-state index >= 15 is 0 Å². The fraction of sp³-hybridized carbons (Fsp3) is 0.455. The normalized spacial score (nSPS) is 11.3. The molecule has 0 unspecified atom stereocenters. The lowest BCUT2D eigenvalue weighted by atomic mass is 9.88. The van der Waals surface area contributed by atoms with E-state index in [0.717, 1.165) is 6.42 Å². The van der Waals surface area contributed by atoms with E-state index in [4.69, 9.17) is 14.7 Å². The Hall–Kier alpha value is -0.995. The predicted octanol–water partition coefficient (Wildman–Crippen LogP) is 1.62. The van der Waals surface area contributed by atoms with E-state index in [2.05, 4.69) is 20.8 Å². The number of hydrogen-bond acceptors (Lipinski definition) is 3. The summed E-state index contributed by atoms with van der Waals surface area (Å²) in [5.74, 6) is 0.461. The van der Waals surface area contributed by atoms with Gasteiger partial charge in [0.05, 0.1) is 0 Å². The van der Waals surface area contributed by atoms with E-state index < -0.39 is 7.32 Å². The van der Waals surface area contributed by atoms with Crippen LogP contribution in [-0.2, 0) is 6.42 Å². The third kappa shape index (κ3) is 4.86. The van der Waals surface area contributed by atoms with Crippen LogP contribution in [0.5, 0.6) is 5.75 Å². The molecule has 0 aliphatic rings. The van der Waals surface area contributed by atoms with Gasteiger partial charge < -0.3 is 14.7 Å². The molecule has 0 spiro atoms. The lowest BCUT2D eigenvalue weighted by molar-refractivity contribution is 0.288. The summed E-state index contributed by atoms with van der Waals surface area (Å²) in [6.07, 6.45) is 0.981. The first-order chi connectivity index (χ1) is 6.87. The Bertz CT molecular complexity index is 301. The van der Waals surface area contributed by atoms with Gasteiger partial charge in [0.25, 0.3) is 0 Å². The second-order valence-electron chi connectivity index (χ2n) is 4.83. The molecule has 4 heteroatoms. The minimum atomic E-state index is -1.75. The van der Waals surface area contributed by atoms with Crippen LogP contribution in [0.3, 0.4) is 0 Å². The quantitative estimate of drug-likeness (QED) is 0.742. The van der Waals surface area contributed by atoms with Crippen molar-refractivity contribution in [2.75, 3.05) is 0 Å². The molecular weight excluding hydrogens is 191 g/mol. The Labute approximate surface area is 90.9 Å². The van der Waals surface area contributed by atoms with Crippen LogP contribution in [0, 0.1) is 5.41 Å². The summed E-state index contributed by atoms with van der Waals surface area (Å²) >= 11 is 0. The number of hydrogen-bond donors (Lipinski definition) is 2. The molecule has 1 aromatic rings. The van der Waals surface area contributed by atoms with Crippen molar-refractivity contribution in [2.45, 2.75) is 27.2 Å². The van der Waals surface area contributed by atoms with Gasteiger partial charge in [-0.15, -0.1) is 0 Å². The zero-order valence-corrected chi connectivity index (χ0v) is 9.40. The van der Waals surface area contributed by atoms with Crippen molar-refractivity contribution < 1.29 is 14.7 Å². The van der Waals surface area contributed by atoms with E-state index in [-0.39, 0.29) is 5.41 Å². The third-order valence-corrected chi connectivity index (χ3v) is 1.90. The number of rotatable bonds is 3. The summed E-state index contributed by atoms with van der Waals surface area (Å²) in [7, 11) is -1.75. The first kappa shape index (κ1) is 12.1. The fourth-order valence-corrected chi connectivity index (χ4v) is 1.42. The lowest BCUT2D eigenvalue weighted by Crippen LogP contribution is -2.20. The molecular formula is C11H17BO3. The molecule has 82 valence electrons. The van der Waals surface area contributed by atoms with Gasteiger partial charge in [0.2, 0.25) is 0 Å². The molecule has 1 rings (SSSR count). The van der Waals surface area contributed by atoms with Gasteiger partial charge in [0.1, 0.15) is 5.75 Å². The van der Waals surface area contributed by atoms with Gasteiger partial charge in [-0.3, -0.25) is 0 Å². The second kappa shape index (κ2) is 4.68. The smallest absolute Gasteiger partial charge is 0.512 e. The predicted molar refractivity (Wildman–Crippen MR) is 60.4 cm³/mol. The van der Waals surface area contributed by atoms with Crippen molar-refractivity contribution in [3.63, 3.8) is 0 Å². The summed E-state index contributed by atoms with van der Waals surface area (Å²) in [4.78, 5) is 0. The molecule has 0 atom stereocenters. The first-order valence-electron chi connectivity index (χ1n) is 4.98. The first-order valence-corrected chi connectivity index (χ1v) is 4.98. The van der Waals surface area contributed by atoms with Crippen molar-refractivity contribution in [1.82, 2.24) is 0 Å². The molecule has 0 amide bonds. The average Bonchev–Trinajstić information content (AvgIpc) is 2.05. The highest BCUT2D eigenvalue weighted by Gasteiger charge is 2.13. The van der Waals surface area contributed by atoms with E-state index in [0.29, 0.717) is 5.75 Å². The molecule has 0 saturated heterocycles. The fourth-order valence-electron chi connectivity index (χ4n) is 1.42. The molecule has 0 heterocycles. The Kier molecular flexibility index (Phi) is 3.77. The van der Waals surface area contributed by atoms with Crippen molar-refractivity contribution >= 4 is 7.32 Å². The highest BCUT2D eigenvalue weighted by molar-refractivity contribution is 6.33. The van der Waals surface area contributed by atoms with Gasteiger partial charge in [-0.05, 0) is 29.5 Å². The summed E-state index contributed by atoms with van der Waals surface area (Å²) in [6.45, 7) is 6.53. The van der Waals surface area contributed by atoms with Crippen molar-refractivity contribution in [3.8, 4) is 5.75 Å². The monoisotopic (exact) mass is 208 g/mol. The van der Waals surface area contributed by atoms with Crippen molar-refractivity contribution in [3.05, 3.63) is 29.8 Å². The summed E-state index contributed by atoms with van der Waals surface area (Å²) in [5.41, 5.74) is 1.46. The van der Waals surface area contributed by atoms with Crippen LogP contribution in [0.4, 0.5) is 0 Å². The molecule has 0 aliphatic carbocycles. The van der Waals surface area contributed by atoms with Gasteiger partial charge in [0, 0.05) is 0 Å². The molecule has 1 aromatic carbocycles. The largest absolute Gasteiger partial charge is 0.707 e. The maximum absolute atomic E-state index is 8.59. The molecule has 3 nitrogen and oxygen atoms in total. The minimum Gasteiger partial charge on any atom is -0.512 e. The van der Waals surface area contributed by atoms with E-state index in [1.807, 2.05) is 12.1 Å². The van der Waals surface area contributed by atoms with Crippen LogP contribution < -0.4 is 4.65 Å². The molecule has 0 saturated carbocycles. The number of benzene rings is 1. The maximum Gasteiger partial charge on any atom is 0.707 e.